The normalized spacial score (nSPS) is 11.7. The highest BCUT2D eigenvalue weighted by Gasteiger charge is 2.16. The molecule has 0 spiro atoms. The highest BCUT2D eigenvalue weighted by molar-refractivity contribution is 6.11. The first-order valence-electron chi connectivity index (χ1n) is 12.9. The Morgan fingerprint density at radius 2 is 0.947 bits per heavy atom. The predicted molar refractivity (Wildman–Crippen MR) is 158 cm³/mol. The number of hydrogen-bond donors (Lipinski definition) is 0. The van der Waals surface area contributed by atoms with Crippen LogP contribution in [0.25, 0.3) is 66.2 Å². The van der Waals surface area contributed by atoms with Gasteiger partial charge in [-0.3, -0.25) is 4.57 Å². The van der Waals surface area contributed by atoms with Gasteiger partial charge in [0.1, 0.15) is 5.65 Å². The average Bonchev–Trinajstić information content (AvgIpc) is 3.50. The SMILES string of the molecule is c1ccc(-n2c3ccccc3c3ccc(-c4cnc5c(c4)c4ccccc4n5-c4ccccc4)cc32)cc1. The van der Waals surface area contributed by atoms with Gasteiger partial charge in [-0.05, 0) is 54.1 Å². The second-order valence-electron chi connectivity index (χ2n) is 9.70. The number of aromatic nitrogens is 3. The van der Waals surface area contributed by atoms with Crippen LogP contribution < -0.4 is 0 Å². The molecule has 0 aliphatic rings. The Labute approximate surface area is 219 Å². The van der Waals surface area contributed by atoms with E-state index in [1.165, 1.54) is 27.2 Å². The Hall–Kier alpha value is -5.15. The molecule has 0 amide bonds. The molecule has 0 saturated carbocycles. The van der Waals surface area contributed by atoms with Gasteiger partial charge in [0.15, 0.2) is 0 Å². The zero-order chi connectivity index (χ0) is 25.1. The van der Waals surface area contributed by atoms with Gasteiger partial charge in [-0.15, -0.1) is 0 Å². The van der Waals surface area contributed by atoms with E-state index in [9.17, 15) is 0 Å². The molecule has 8 aromatic rings. The smallest absolute Gasteiger partial charge is 0.145 e. The zero-order valence-corrected chi connectivity index (χ0v) is 20.6. The summed E-state index contributed by atoms with van der Waals surface area (Å²) in [5.41, 5.74) is 9.09. The molecule has 5 aromatic carbocycles. The second-order valence-corrected chi connectivity index (χ2v) is 9.70. The van der Waals surface area contributed by atoms with Crippen molar-refractivity contribution < 1.29 is 0 Å². The van der Waals surface area contributed by atoms with E-state index in [1.807, 2.05) is 12.3 Å². The molecule has 3 aromatic heterocycles. The Bertz CT molecular complexity index is 2120. The van der Waals surface area contributed by atoms with Gasteiger partial charge in [-0.2, -0.15) is 0 Å². The van der Waals surface area contributed by atoms with Gasteiger partial charge in [-0.25, -0.2) is 4.98 Å². The molecule has 3 nitrogen and oxygen atoms in total. The number of fused-ring (bicyclic) bond motifs is 6. The van der Waals surface area contributed by atoms with Gasteiger partial charge in [-0.1, -0.05) is 84.9 Å². The molecular weight excluding hydrogens is 462 g/mol. The Balaban J connectivity index is 1.38. The van der Waals surface area contributed by atoms with Gasteiger partial charge >= 0.3 is 0 Å². The molecule has 0 aliphatic heterocycles. The van der Waals surface area contributed by atoms with Crippen molar-refractivity contribution in [3.8, 4) is 22.5 Å². The fourth-order valence-corrected chi connectivity index (χ4v) is 5.85. The molecule has 8 rings (SSSR count). The molecule has 0 fully saturated rings. The first kappa shape index (κ1) is 21.0. The topological polar surface area (TPSA) is 22.8 Å². The van der Waals surface area contributed by atoms with Crippen LogP contribution in [0.15, 0.2) is 140 Å². The number of pyridine rings is 1. The van der Waals surface area contributed by atoms with Crippen LogP contribution >= 0.6 is 0 Å². The lowest BCUT2D eigenvalue weighted by Gasteiger charge is -2.09. The van der Waals surface area contributed by atoms with Crippen LogP contribution in [0, 0.1) is 0 Å². The Morgan fingerprint density at radius 3 is 1.66 bits per heavy atom. The van der Waals surface area contributed by atoms with Crippen molar-refractivity contribution in [1.29, 1.82) is 0 Å². The first-order valence-corrected chi connectivity index (χ1v) is 12.9. The number of nitrogens with zero attached hydrogens (tertiary/aromatic N) is 3. The minimum atomic E-state index is 0.973. The van der Waals surface area contributed by atoms with Crippen molar-refractivity contribution in [2.45, 2.75) is 0 Å². The van der Waals surface area contributed by atoms with Crippen LogP contribution in [0.4, 0.5) is 0 Å². The number of para-hydroxylation sites is 4. The predicted octanol–water partition coefficient (Wildman–Crippen LogP) is 8.94. The minimum absolute atomic E-state index is 0.973. The van der Waals surface area contributed by atoms with Crippen LogP contribution in [-0.2, 0) is 0 Å². The van der Waals surface area contributed by atoms with Crippen LogP contribution in [0.3, 0.4) is 0 Å². The van der Waals surface area contributed by atoms with Crippen LogP contribution in [0.1, 0.15) is 0 Å². The number of benzene rings is 5. The fraction of sp³-hybridized carbons (Fsp3) is 0. The third-order valence-electron chi connectivity index (χ3n) is 7.55. The summed E-state index contributed by atoms with van der Waals surface area (Å²) in [6.07, 6.45) is 2.01. The quantitative estimate of drug-likeness (QED) is 0.245. The van der Waals surface area contributed by atoms with E-state index in [4.69, 9.17) is 4.98 Å². The Kier molecular flexibility index (Phi) is 4.52. The third kappa shape index (κ3) is 3.06. The van der Waals surface area contributed by atoms with E-state index >= 15 is 0 Å². The summed E-state index contributed by atoms with van der Waals surface area (Å²) in [5, 5.41) is 4.88. The van der Waals surface area contributed by atoms with Crippen LogP contribution in [0.5, 0.6) is 0 Å². The summed E-state index contributed by atoms with van der Waals surface area (Å²) in [7, 11) is 0. The molecule has 0 saturated heterocycles. The molecule has 178 valence electrons. The summed E-state index contributed by atoms with van der Waals surface area (Å²) >= 11 is 0. The molecule has 38 heavy (non-hydrogen) atoms. The summed E-state index contributed by atoms with van der Waals surface area (Å²) in [6.45, 7) is 0. The highest BCUT2D eigenvalue weighted by Crippen LogP contribution is 2.37. The molecule has 3 heterocycles. The van der Waals surface area contributed by atoms with E-state index in [0.717, 1.165) is 39.1 Å². The van der Waals surface area contributed by atoms with Crippen molar-refractivity contribution in [3.63, 3.8) is 0 Å². The van der Waals surface area contributed by atoms with Crippen molar-refractivity contribution in [2.75, 3.05) is 0 Å². The zero-order valence-electron chi connectivity index (χ0n) is 20.6. The maximum atomic E-state index is 5.03. The molecule has 0 aliphatic carbocycles. The summed E-state index contributed by atoms with van der Waals surface area (Å²) < 4.78 is 4.62. The number of hydrogen-bond acceptors (Lipinski definition) is 1. The van der Waals surface area contributed by atoms with Gasteiger partial charge in [0, 0.05) is 44.7 Å². The van der Waals surface area contributed by atoms with E-state index in [-0.39, 0.29) is 0 Å². The fourth-order valence-electron chi connectivity index (χ4n) is 5.85. The molecule has 0 atom stereocenters. The molecule has 0 radical (unpaired) electrons. The van der Waals surface area contributed by atoms with Gasteiger partial charge in [0.25, 0.3) is 0 Å². The van der Waals surface area contributed by atoms with Crippen molar-refractivity contribution in [1.82, 2.24) is 14.1 Å². The van der Waals surface area contributed by atoms with Crippen molar-refractivity contribution in [3.05, 3.63) is 140 Å². The third-order valence-corrected chi connectivity index (χ3v) is 7.55. The van der Waals surface area contributed by atoms with Crippen LogP contribution in [0.2, 0.25) is 0 Å². The second kappa shape index (κ2) is 8.19. The summed E-state index contributed by atoms with van der Waals surface area (Å²) in [5.74, 6) is 0. The van der Waals surface area contributed by atoms with E-state index < -0.39 is 0 Å². The summed E-state index contributed by atoms with van der Waals surface area (Å²) in [4.78, 5) is 5.03. The maximum absolute atomic E-state index is 5.03. The summed E-state index contributed by atoms with van der Waals surface area (Å²) in [6, 6.07) is 47.4. The largest absolute Gasteiger partial charge is 0.309 e. The standard InChI is InChI=1S/C35H23N3/c1-3-11-26(12-4-1)37-32-17-9-7-15-28(32)30-20-19-24(22-34(30)37)25-21-31-29-16-8-10-18-33(29)38(35(31)36-23-25)27-13-5-2-6-14-27/h1-23H. The molecule has 0 bridgehead atoms. The Morgan fingerprint density at radius 1 is 0.395 bits per heavy atom. The van der Waals surface area contributed by atoms with Gasteiger partial charge < -0.3 is 4.57 Å². The molecule has 3 heteroatoms. The van der Waals surface area contributed by atoms with Crippen molar-refractivity contribution >= 4 is 43.7 Å². The van der Waals surface area contributed by atoms with Crippen molar-refractivity contribution in [2.24, 2.45) is 0 Å². The van der Waals surface area contributed by atoms with Gasteiger partial charge in [0.2, 0.25) is 0 Å². The molecule has 0 N–H and O–H groups in total. The maximum Gasteiger partial charge on any atom is 0.145 e. The van der Waals surface area contributed by atoms with Gasteiger partial charge in [0.05, 0.1) is 16.6 Å². The lowest BCUT2D eigenvalue weighted by molar-refractivity contribution is 1.14. The number of rotatable bonds is 3. The molecule has 0 unspecified atom stereocenters. The average molecular weight is 486 g/mol. The van der Waals surface area contributed by atoms with E-state index in [1.54, 1.807) is 0 Å². The first-order chi connectivity index (χ1) is 18.9. The lowest BCUT2D eigenvalue weighted by Crippen LogP contribution is -1.95. The monoisotopic (exact) mass is 485 g/mol. The minimum Gasteiger partial charge on any atom is -0.309 e. The molecular formula is C35H23N3. The van der Waals surface area contributed by atoms with E-state index in [0.29, 0.717) is 0 Å². The highest BCUT2D eigenvalue weighted by atomic mass is 15.0. The lowest BCUT2D eigenvalue weighted by atomic mass is 10.0. The van der Waals surface area contributed by atoms with E-state index in [2.05, 4.69) is 137 Å². The van der Waals surface area contributed by atoms with Crippen LogP contribution in [-0.4, -0.2) is 14.1 Å².